The van der Waals surface area contributed by atoms with Crippen LogP contribution in [0.2, 0.25) is 0 Å². The largest absolute Gasteiger partial charge is 0.390 e. The first-order valence-corrected chi connectivity index (χ1v) is 6.96. The van der Waals surface area contributed by atoms with Crippen molar-refractivity contribution in [2.75, 3.05) is 25.0 Å². The van der Waals surface area contributed by atoms with Crippen LogP contribution >= 0.6 is 0 Å². The summed E-state index contributed by atoms with van der Waals surface area (Å²) in [5, 5.41) is 3.12. The second-order valence-corrected chi connectivity index (χ2v) is 5.55. The Kier molecular flexibility index (Phi) is 6.45. The molecule has 0 spiro atoms. The topological polar surface area (TPSA) is 15.3 Å². The zero-order chi connectivity index (χ0) is 16.0. The summed E-state index contributed by atoms with van der Waals surface area (Å²) in [6.07, 6.45) is -5.13. The lowest BCUT2D eigenvalue weighted by atomic mass is 10.1. The van der Waals surface area contributed by atoms with E-state index in [1.165, 1.54) is 17.0 Å². The summed E-state index contributed by atoms with van der Waals surface area (Å²) in [6, 6.07) is 4.49. The third kappa shape index (κ3) is 6.33. The number of hydrogen-bond acceptors (Lipinski definition) is 2. The van der Waals surface area contributed by atoms with Crippen molar-refractivity contribution in [2.45, 2.75) is 33.0 Å². The van der Waals surface area contributed by atoms with Crippen molar-refractivity contribution in [3.63, 3.8) is 0 Å². The van der Waals surface area contributed by atoms with Gasteiger partial charge in [-0.25, -0.2) is 4.39 Å². The second-order valence-electron chi connectivity index (χ2n) is 5.55. The smallest absolute Gasteiger partial charge is 0.374 e. The molecule has 0 atom stereocenters. The fraction of sp³-hybridized carbons (Fsp3) is 0.600. The van der Waals surface area contributed by atoms with Crippen molar-refractivity contribution in [3.8, 4) is 0 Å². The lowest BCUT2D eigenvalue weighted by Crippen LogP contribution is -2.27. The van der Waals surface area contributed by atoms with E-state index in [1.807, 2.05) is 13.8 Å². The molecule has 0 saturated carbocycles. The van der Waals surface area contributed by atoms with E-state index < -0.39 is 18.4 Å². The van der Waals surface area contributed by atoms with Crippen molar-refractivity contribution in [1.29, 1.82) is 0 Å². The van der Waals surface area contributed by atoms with Crippen LogP contribution in [0.25, 0.3) is 0 Å². The predicted molar refractivity (Wildman–Crippen MR) is 76.9 cm³/mol. The minimum Gasteiger partial charge on any atom is -0.374 e. The highest BCUT2D eigenvalue weighted by Gasteiger charge is 2.27. The van der Waals surface area contributed by atoms with Crippen LogP contribution in [0.5, 0.6) is 0 Å². The van der Waals surface area contributed by atoms with Gasteiger partial charge in [-0.2, -0.15) is 13.2 Å². The van der Waals surface area contributed by atoms with E-state index in [2.05, 4.69) is 5.32 Å². The van der Waals surface area contributed by atoms with Crippen molar-refractivity contribution in [1.82, 2.24) is 5.32 Å². The van der Waals surface area contributed by atoms with Crippen LogP contribution in [0.3, 0.4) is 0 Å². The molecule has 1 N–H and O–H groups in total. The van der Waals surface area contributed by atoms with Gasteiger partial charge in [0.1, 0.15) is 5.82 Å². The highest BCUT2D eigenvalue weighted by atomic mass is 19.4. The molecule has 0 unspecified atom stereocenters. The first-order chi connectivity index (χ1) is 9.70. The molecule has 0 bridgehead atoms. The number of anilines is 1. The van der Waals surface area contributed by atoms with Crippen LogP contribution in [0.1, 0.15) is 25.8 Å². The number of rotatable bonds is 7. The monoisotopic (exact) mass is 306 g/mol. The maximum atomic E-state index is 13.9. The van der Waals surface area contributed by atoms with Gasteiger partial charge in [-0.1, -0.05) is 19.9 Å². The van der Waals surface area contributed by atoms with Gasteiger partial charge in [-0.15, -0.1) is 0 Å². The molecule has 21 heavy (non-hydrogen) atoms. The lowest BCUT2D eigenvalue weighted by molar-refractivity contribution is -0.132. The van der Waals surface area contributed by atoms with Gasteiger partial charge in [0.15, 0.2) is 0 Å². The molecular formula is C15H22F4N2. The molecule has 1 rings (SSSR count). The Labute approximate surface area is 123 Å². The zero-order valence-electron chi connectivity index (χ0n) is 12.6. The van der Waals surface area contributed by atoms with Gasteiger partial charge in [0.25, 0.3) is 0 Å². The Bertz CT molecular complexity index is 444. The number of nitrogens with zero attached hydrogens (tertiary/aromatic N) is 1. The Morgan fingerprint density at radius 3 is 2.48 bits per heavy atom. The number of halogens is 4. The molecule has 1 aromatic rings. The van der Waals surface area contributed by atoms with Crippen molar-refractivity contribution >= 4 is 5.69 Å². The normalized spacial score (nSPS) is 12.0. The molecule has 6 heteroatoms. The Balaban J connectivity index is 2.78. The molecule has 1 aromatic carbocycles. The molecule has 0 aliphatic carbocycles. The molecule has 0 heterocycles. The molecule has 0 aliphatic rings. The fourth-order valence-corrected chi connectivity index (χ4v) is 1.98. The minimum absolute atomic E-state index is 0.190. The summed E-state index contributed by atoms with van der Waals surface area (Å²) in [7, 11) is 1.55. The van der Waals surface area contributed by atoms with E-state index >= 15 is 0 Å². The number of nitrogens with one attached hydrogen (secondary N) is 1. The summed E-state index contributed by atoms with van der Waals surface area (Å²) in [5.41, 5.74) is 0.901. The van der Waals surface area contributed by atoms with E-state index in [0.717, 1.165) is 6.54 Å². The molecule has 120 valence electrons. The summed E-state index contributed by atoms with van der Waals surface area (Å²) in [4.78, 5) is 1.45. The van der Waals surface area contributed by atoms with Crippen LogP contribution in [-0.4, -0.2) is 26.3 Å². The van der Waals surface area contributed by atoms with Crippen LogP contribution in [0.15, 0.2) is 18.2 Å². The fourth-order valence-electron chi connectivity index (χ4n) is 1.98. The van der Waals surface area contributed by atoms with Crippen LogP contribution < -0.4 is 10.2 Å². The van der Waals surface area contributed by atoms with E-state index in [1.54, 1.807) is 13.1 Å². The average molecular weight is 306 g/mol. The Morgan fingerprint density at radius 1 is 1.24 bits per heavy atom. The maximum absolute atomic E-state index is 13.9. The number of alkyl halides is 3. The van der Waals surface area contributed by atoms with E-state index in [0.29, 0.717) is 23.7 Å². The molecule has 0 aromatic heterocycles. The molecule has 0 aliphatic heterocycles. The van der Waals surface area contributed by atoms with Gasteiger partial charge in [0.2, 0.25) is 0 Å². The summed E-state index contributed by atoms with van der Waals surface area (Å²) in [5.74, 6) is 0.0193. The lowest BCUT2D eigenvalue weighted by Gasteiger charge is -2.24. The average Bonchev–Trinajstić information content (AvgIpc) is 2.36. The van der Waals surface area contributed by atoms with Crippen molar-refractivity contribution in [3.05, 3.63) is 29.6 Å². The third-order valence-corrected chi connectivity index (χ3v) is 3.09. The van der Waals surface area contributed by atoms with Gasteiger partial charge in [0.05, 0.1) is 6.42 Å². The van der Waals surface area contributed by atoms with E-state index in [9.17, 15) is 17.6 Å². The molecule has 2 nitrogen and oxygen atoms in total. The van der Waals surface area contributed by atoms with Crippen LogP contribution in [0, 0.1) is 11.7 Å². The van der Waals surface area contributed by atoms with Crippen LogP contribution in [-0.2, 0) is 6.54 Å². The summed E-state index contributed by atoms with van der Waals surface area (Å²) in [6.45, 7) is 4.90. The minimum atomic E-state index is -4.21. The van der Waals surface area contributed by atoms with Crippen molar-refractivity contribution in [2.24, 2.45) is 5.92 Å². The second kappa shape index (κ2) is 7.64. The molecular weight excluding hydrogens is 284 g/mol. The number of benzene rings is 1. The zero-order valence-corrected chi connectivity index (χ0v) is 12.6. The molecule has 0 radical (unpaired) electrons. The predicted octanol–water partition coefficient (Wildman–Crippen LogP) is 3.96. The SMILES string of the molecule is CC(C)CNCc1c(F)cccc1N(C)CCC(F)(F)F. The van der Waals surface area contributed by atoms with E-state index in [4.69, 9.17) is 0 Å². The van der Waals surface area contributed by atoms with Gasteiger partial charge in [-0.05, 0) is 24.6 Å². The molecule has 0 fully saturated rings. The van der Waals surface area contributed by atoms with E-state index in [-0.39, 0.29) is 6.54 Å². The highest BCUT2D eigenvalue weighted by molar-refractivity contribution is 5.53. The highest BCUT2D eigenvalue weighted by Crippen LogP contribution is 2.25. The maximum Gasteiger partial charge on any atom is 0.390 e. The van der Waals surface area contributed by atoms with Gasteiger partial charge in [-0.3, -0.25) is 0 Å². The summed E-state index contributed by atoms with van der Waals surface area (Å²) >= 11 is 0. The van der Waals surface area contributed by atoms with Gasteiger partial charge in [0, 0.05) is 31.4 Å². The standard InChI is InChI=1S/C15H22F4N2/c1-11(2)9-20-10-12-13(16)5-4-6-14(12)21(3)8-7-15(17,18)19/h4-6,11,20H,7-10H2,1-3H3. The quantitative estimate of drug-likeness (QED) is 0.767. The van der Waals surface area contributed by atoms with Gasteiger partial charge >= 0.3 is 6.18 Å². The van der Waals surface area contributed by atoms with Gasteiger partial charge < -0.3 is 10.2 Å². The Hall–Kier alpha value is -1.30. The summed E-state index contributed by atoms with van der Waals surface area (Å²) < 4.78 is 50.8. The van der Waals surface area contributed by atoms with Crippen molar-refractivity contribution < 1.29 is 17.6 Å². The Morgan fingerprint density at radius 2 is 1.90 bits per heavy atom. The first-order valence-electron chi connectivity index (χ1n) is 6.96. The third-order valence-electron chi connectivity index (χ3n) is 3.09. The molecule has 0 saturated heterocycles. The first kappa shape index (κ1) is 17.8. The van der Waals surface area contributed by atoms with Crippen LogP contribution in [0.4, 0.5) is 23.2 Å². The molecule has 0 amide bonds. The number of hydrogen-bond donors (Lipinski definition) is 1.